The summed E-state index contributed by atoms with van der Waals surface area (Å²) >= 11 is 0.812. The van der Waals surface area contributed by atoms with Crippen LogP contribution in [0.3, 0.4) is 0 Å². The minimum absolute atomic E-state index is 0.210. The second-order valence-electron chi connectivity index (χ2n) is 4.92. The van der Waals surface area contributed by atoms with Gasteiger partial charge in [-0.1, -0.05) is 12.1 Å². The number of esters is 1. The van der Waals surface area contributed by atoms with Crippen molar-refractivity contribution in [3.63, 3.8) is 0 Å². The first-order chi connectivity index (χ1) is 11.5. The normalized spacial score (nSPS) is 17.3. The van der Waals surface area contributed by atoms with Gasteiger partial charge in [0.05, 0.1) is 25.2 Å². The quantitative estimate of drug-likeness (QED) is 0.615. The molecule has 1 atom stereocenters. The topological polar surface area (TPSA) is 98.9 Å². The Labute approximate surface area is 143 Å². The monoisotopic (exact) mass is 350 g/mol. The van der Waals surface area contributed by atoms with Gasteiger partial charge in [0.1, 0.15) is 11.8 Å². The predicted molar refractivity (Wildman–Crippen MR) is 90.3 cm³/mol. The van der Waals surface area contributed by atoms with Gasteiger partial charge in [0.2, 0.25) is 0 Å². The molecule has 0 bridgehead atoms. The maximum absolute atomic E-state index is 12.3. The van der Waals surface area contributed by atoms with E-state index >= 15 is 0 Å². The summed E-state index contributed by atoms with van der Waals surface area (Å²) in [7, 11) is 1.20. The fourth-order valence-corrected chi connectivity index (χ4v) is 2.91. The third kappa shape index (κ3) is 4.15. The van der Waals surface area contributed by atoms with Gasteiger partial charge in [-0.05, 0) is 42.5 Å². The molecule has 0 spiro atoms. The lowest BCUT2D eigenvalue weighted by molar-refractivity contribution is -0.142. The van der Waals surface area contributed by atoms with E-state index in [0.29, 0.717) is 6.61 Å². The van der Waals surface area contributed by atoms with Crippen molar-refractivity contribution in [2.75, 3.05) is 20.3 Å². The van der Waals surface area contributed by atoms with Gasteiger partial charge >= 0.3 is 5.97 Å². The second-order valence-corrected chi connectivity index (χ2v) is 5.92. The largest absolute Gasteiger partial charge is 0.494 e. The fraction of sp³-hybridized carbons (Fsp3) is 0.312. The van der Waals surface area contributed by atoms with Crippen molar-refractivity contribution in [3.05, 3.63) is 34.7 Å². The summed E-state index contributed by atoms with van der Waals surface area (Å²) in [5, 5.41) is -0.462. The van der Waals surface area contributed by atoms with Crippen LogP contribution < -0.4 is 10.5 Å². The maximum atomic E-state index is 12.3. The number of benzene rings is 1. The highest BCUT2D eigenvalue weighted by Gasteiger charge is 2.37. The maximum Gasteiger partial charge on any atom is 0.324 e. The molecule has 0 aromatic heterocycles. The van der Waals surface area contributed by atoms with Crippen LogP contribution in [0.25, 0.3) is 6.08 Å². The predicted octanol–water partition coefficient (Wildman–Crippen LogP) is 1.62. The minimum atomic E-state index is -1.06. The first-order valence-electron chi connectivity index (χ1n) is 7.28. The number of imide groups is 1. The molecule has 1 aliphatic rings. The Hall–Kier alpha value is -2.32. The molecule has 2 amide bonds. The number of rotatable bonds is 6. The lowest BCUT2D eigenvalue weighted by Crippen LogP contribution is -2.44. The number of hydrogen-bond donors (Lipinski definition) is 1. The summed E-state index contributed by atoms with van der Waals surface area (Å²) in [5.41, 5.74) is 6.38. The van der Waals surface area contributed by atoms with Crippen molar-refractivity contribution in [2.45, 2.75) is 13.0 Å². The molecule has 1 aromatic carbocycles. The third-order valence-corrected chi connectivity index (χ3v) is 4.15. The van der Waals surface area contributed by atoms with Gasteiger partial charge in [-0.2, -0.15) is 0 Å². The van der Waals surface area contributed by atoms with E-state index in [4.69, 9.17) is 10.5 Å². The van der Waals surface area contributed by atoms with E-state index in [1.54, 1.807) is 30.3 Å². The average Bonchev–Trinajstić information content (AvgIpc) is 2.83. The van der Waals surface area contributed by atoms with E-state index in [9.17, 15) is 14.4 Å². The van der Waals surface area contributed by atoms with Gasteiger partial charge < -0.3 is 15.2 Å². The van der Waals surface area contributed by atoms with Crippen LogP contribution in [0, 0.1) is 0 Å². The minimum Gasteiger partial charge on any atom is -0.494 e. The molecule has 128 valence electrons. The fourth-order valence-electron chi connectivity index (χ4n) is 2.06. The number of carbonyl (C=O) groups is 3. The summed E-state index contributed by atoms with van der Waals surface area (Å²) in [6.45, 7) is 2.25. The molecule has 0 aliphatic carbocycles. The van der Waals surface area contributed by atoms with E-state index in [1.165, 1.54) is 7.11 Å². The molecular formula is C16H18N2O5S. The van der Waals surface area contributed by atoms with E-state index in [2.05, 4.69) is 4.74 Å². The molecule has 1 aromatic rings. The molecular weight excluding hydrogens is 332 g/mol. The number of ether oxygens (including phenoxy) is 2. The SMILES string of the molecule is CCOc1ccc(C=C2SC(=O)N(C[C@H](N)C(=O)OC)C2=O)cc1. The van der Waals surface area contributed by atoms with Crippen LogP contribution in [0.5, 0.6) is 5.75 Å². The lowest BCUT2D eigenvalue weighted by atomic mass is 10.2. The molecule has 8 heteroatoms. The summed E-state index contributed by atoms with van der Waals surface area (Å²) in [4.78, 5) is 36.9. The molecule has 1 aliphatic heterocycles. The molecule has 1 fully saturated rings. The number of methoxy groups -OCH3 is 1. The van der Waals surface area contributed by atoms with E-state index in [0.717, 1.165) is 28.0 Å². The molecule has 2 rings (SSSR count). The van der Waals surface area contributed by atoms with Gasteiger partial charge in [0.25, 0.3) is 11.1 Å². The van der Waals surface area contributed by atoms with E-state index in [-0.39, 0.29) is 11.4 Å². The van der Waals surface area contributed by atoms with Crippen LogP contribution in [0.4, 0.5) is 4.79 Å². The number of nitrogens with zero attached hydrogens (tertiary/aromatic N) is 1. The zero-order valence-electron chi connectivity index (χ0n) is 13.4. The lowest BCUT2D eigenvalue weighted by Gasteiger charge is -2.16. The summed E-state index contributed by atoms with van der Waals surface area (Å²) in [6, 6.07) is 6.09. The Bertz CT molecular complexity index is 672. The van der Waals surface area contributed by atoms with Crippen molar-refractivity contribution in [1.82, 2.24) is 4.90 Å². The number of carbonyl (C=O) groups excluding carboxylic acids is 3. The highest BCUT2D eigenvalue weighted by atomic mass is 32.2. The Morgan fingerprint density at radius 2 is 2.00 bits per heavy atom. The van der Waals surface area contributed by atoms with E-state index < -0.39 is 23.2 Å². The standard InChI is InChI=1S/C16H18N2O5S/c1-3-23-11-6-4-10(5-7-11)8-13-14(19)18(16(21)24-13)9-12(17)15(20)22-2/h4-8,12H,3,9,17H2,1-2H3/t12-/m0/s1. The number of thioether (sulfide) groups is 1. The Morgan fingerprint density at radius 1 is 1.33 bits per heavy atom. The molecule has 1 saturated heterocycles. The van der Waals surface area contributed by atoms with Crippen LogP contribution >= 0.6 is 11.8 Å². The first kappa shape index (κ1) is 18.0. The molecule has 0 radical (unpaired) electrons. The number of nitrogens with two attached hydrogens (primary N) is 1. The van der Waals surface area contributed by atoms with Crippen molar-refractivity contribution < 1.29 is 23.9 Å². The molecule has 2 N–H and O–H groups in total. The summed E-state index contributed by atoms with van der Waals surface area (Å²) < 4.78 is 9.85. The molecule has 0 unspecified atom stereocenters. The Balaban J connectivity index is 2.11. The van der Waals surface area contributed by atoms with Gasteiger partial charge in [-0.15, -0.1) is 0 Å². The zero-order chi connectivity index (χ0) is 17.7. The smallest absolute Gasteiger partial charge is 0.324 e. The summed E-state index contributed by atoms with van der Waals surface area (Å²) in [5.74, 6) is -0.422. The van der Waals surface area contributed by atoms with Gasteiger partial charge in [-0.25, -0.2) is 0 Å². The molecule has 24 heavy (non-hydrogen) atoms. The second kappa shape index (κ2) is 7.98. The van der Waals surface area contributed by atoms with Gasteiger partial charge in [-0.3, -0.25) is 19.3 Å². The van der Waals surface area contributed by atoms with Crippen LogP contribution in [0.15, 0.2) is 29.2 Å². The third-order valence-electron chi connectivity index (χ3n) is 3.25. The molecule has 7 nitrogen and oxygen atoms in total. The summed E-state index contributed by atoms with van der Waals surface area (Å²) in [6.07, 6.45) is 1.62. The molecule has 0 saturated carbocycles. The number of hydrogen-bond acceptors (Lipinski definition) is 7. The Morgan fingerprint density at radius 3 is 2.58 bits per heavy atom. The van der Waals surface area contributed by atoms with Gasteiger partial charge in [0.15, 0.2) is 0 Å². The average molecular weight is 350 g/mol. The zero-order valence-corrected chi connectivity index (χ0v) is 14.2. The highest BCUT2D eigenvalue weighted by Crippen LogP contribution is 2.32. The number of amides is 2. The van der Waals surface area contributed by atoms with Gasteiger partial charge in [0, 0.05) is 0 Å². The van der Waals surface area contributed by atoms with Crippen LogP contribution in [-0.2, 0) is 14.3 Å². The van der Waals surface area contributed by atoms with Crippen LogP contribution in [-0.4, -0.2) is 48.3 Å². The van der Waals surface area contributed by atoms with Crippen LogP contribution in [0.2, 0.25) is 0 Å². The highest BCUT2D eigenvalue weighted by molar-refractivity contribution is 8.18. The van der Waals surface area contributed by atoms with Crippen molar-refractivity contribution in [2.24, 2.45) is 5.73 Å². The first-order valence-corrected chi connectivity index (χ1v) is 8.09. The Kier molecular flexibility index (Phi) is 5.99. The van der Waals surface area contributed by atoms with E-state index in [1.807, 2.05) is 6.92 Å². The van der Waals surface area contributed by atoms with Crippen molar-refractivity contribution in [3.8, 4) is 5.75 Å². The van der Waals surface area contributed by atoms with Crippen molar-refractivity contribution in [1.29, 1.82) is 0 Å². The van der Waals surface area contributed by atoms with Crippen LogP contribution in [0.1, 0.15) is 12.5 Å². The molecule has 1 heterocycles. The van der Waals surface area contributed by atoms with Crippen molar-refractivity contribution >= 4 is 35.0 Å².